The van der Waals surface area contributed by atoms with E-state index in [0.29, 0.717) is 38.0 Å². The number of anilines is 1. The Morgan fingerprint density at radius 1 is 1.31 bits per heavy atom. The molecular weight excluding hydrogens is 372 g/mol. The van der Waals surface area contributed by atoms with E-state index in [4.69, 9.17) is 11.6 Å². The first-order valence-corrected chi connectivity index (χ1v) is 9.70. The molecule has 4 rings (SSSR count). The van der Waals surface area contributed by atoms with Gasteiger partial charge in [-0.2, -0.15) is 0 Å². The van der Waals surface area contributed by atoms with E-state index in [0.717, 1.165) is 31.5 Å². The van der Waals surface area contributed by atoms with Gasteiger partial charge in [-0.3, -0.25) is 14.2 Å². The predicted molar refractivity (Wildman–Crippen MR) is 103 cm³/mol. The van der Waals surface area contributed by atoms with Crippen molar-refractivity contribution in [2.75, 3.05) is 5.32 Å². The van der Waals surface area contributed by atoms with E-state index < -0.39 is 0 Å². The van der Waals surface area contributed by atoms with Crippen molar-refractivity contribution in [2.24, 2.45) is 0 Å². The van der Waals surface area contributed by atoms with Gasteiger partial charge in [-0.25, -0.2) is 9.97 Å². The van der Waals surface area contributed by atoms with Crippen LogP contribution in [0.1, 0.15) is 40.3 Å². The molecule has 0 unspecified atom stereocenters. The first-order chi connectivity index (χ1) is 12.5. The third kappa shape index (κ3) is 3.01. The van der Waals surface area contributed by atoms with Crippen LogP contribution in [-0.4, -0.2) is 20.4 Å². The van der Waals surface area contributed by atoms with Crippen LogP contribution < -0.4 is 10.9 Å². The van der Waals surface area contributed by atoms with Crippen molar-refractivity contribution in [3.63, 3.8) is 0 Å². The molecule has 0 aliphatic carbocycles. The molecule has 1 aliphatic heterocycles. The lowest BCUT2D eigenvalue weighted by molar-refractivity contribution is 0.102. The number of carbonyl (C=O) groups is 1. The fraction of sp³-hybridized carbons (Fsp3) is 0.333. The molecular formula is C18H17ClN4O2S. The minimum atomic E-state index is -0.292. The van der Waals surface area contributed by atoms with Gasteiger partial charge >= 0.3 is 0 Å². The lowest BCUT2D eigenvalue weighted by Gasteiger charge is -2.08. The maximum atomic E-state index is 12.9. The molecule has 4 heterocycles. The Morgan fingerprint density at radius 3 is 2.92 bits per heavy atom. The third-order valence-electron chi connectivity index (χ3n) is 4.59. The molecule has 1 amide bonds. The molecule has 8 heteroatoms. The molecule has 0 saturated heterocycles. The molecule has 0 aromatic carbocycles. The lowest BCUT2D eigenvalue weighted by atomic mass is 10.2. The van der Waals surface area contributed by atoms with Crippen LogP contribution in [0.3, 0.4) is 0 Å². The van der Waals surface area contributed by atoms with Crippen LogP contribution in [0.4, 0.5) is 5.82 Å². The zero-order valence-electron chi connectivity index (χ0n) is 14.2. The van der Waals surface area contributed by atoms with Crippen LogP contribution >= 0.6 is 22.9 Å². The highest BCUT2D eigenvalue weighted by Gasteiger charge is 2.22. The summed E-state index contributed by atoms with van der Waals surface area (Å²) in [6.45, 7) is 2.50. The van der Waals surface area contributed by atoms with Crippen LogP contribution in [0, 0.1) is 6.92 Å². The number of rotatable bonds is 2. The van der Waals surface area contributed by atoms with Gasteiger partial charge in [0.1, 0.15) is 16.5 Å². The highest BCUT2D eigenvalue weighted by Crippen LogP contribution is 2.29. The van der Waals surface area contributed by atoms with Crippen molar-refractivity contribution in [1.29, 1.82) is 0 Å². The molecule has 0 bridgehead atoms. The number of nitrogens with one attached hydrogen (secondary N) is 1. The lowest BCUT2D eigenvalue weighted by Crippen LogP contribution is -2.24. The highest BCUT2D eigenvalue weighted by molar-refractivity contribution is 7.20. The van der Waals surface area contributed by atoms with E-state index in [-0.39, 0.29) is 11.5 Å². The van der Waals surface area contributed by atoms with Gasteiger partial charge in [0, 0.05) is 19.2 Å². The number of hydrogen-bond acceptors (Lipinski definition) is 5. The largest absolute Gasteiger partial charge is 0.306 e. The standard InChI is InChI=1S/C18H17ClN4O2S/c1-10-14-17(22-13-5-3-2-4-8-23(13)18(14)25)26-15(10)16(24)21-12-7-6-11(19)9-20-12/h6-7,9H,2-5,8H2,1H3,(H,20,21,24). The number of amides is 1. The van der Waals surface area contributed by atoms with Crippen molar-refractivity contribution >= 4 is 44.9 Å². The Hall–Kier alpha value is -2.25. The third-order valence-corrected chi connectivity index (χ3v) is 5.99. The summed E-state index contributed by atoms with van der Waals surface area (Å²) in [4.78, 5) is 35.5. The number of aromatic nitrogens is 3. The molecule has 26 heavy (non-hydrogen) atoms. The normalized spacial score (nSPS) is 14.1. The summed E-state index contributed by atoms with van der Waals surface area (Å²) in [6, 6.07) is 3.30. The smallest absolute Gasteiger partial charge is 0.267 e. The van der Waals surface area contributed by atoms with Crippen molar-refractivity contribution in [3.8, 4) is 0 Å². The maximum absolute atomic E-state index is 12.9. The van der Waals surface area contributed by atoms with E-state index in [1.165, 1.54) is 17.5 Å². The molecule has 3 aromatic heterocycles. The molecule has 1 N–H and O–H groups in total. The number of hydrogen-bond donors (Lipinski definition) is 1. The first-order valence-electron chi connectivity index (χ1n) is 8.50. The van der Waals surface area contributed by atoms with Gasteiger partial charge in [0.25, 0.3) is 11.5 Å². The van der Waals surface area contributed by atoms with Crippen molar-refractivity contribution in [1.82, 2.24) is 14.5 Å². The average molecular weight is 389 g/mol. The summed E-state index contributed by atoms with van der Waals surface area (Å²) in [5, 5.41) is 3.80. The summed E-state index contributed by atoms with van der Waals surface area (Å²) >= 11 is 7.07. The Labute approximate surface area is 158 Å². The molecule has 1 aliphatic rings. The first kappa shape index (κ1) is 17.2. The number of fused-ring (bicyclic) bond motifs is 2. The Morgan fingerprint density at radius 2 is 2.15 bits per heavy atom. The Balaban J connectivity index is 1.75. The molecule has 0 fully saturated rings. The van der Waals surface area contributed by atoms with Gasteiger partial charge in [0.2, 0.25) is 0 Å². The van der Waals surface area contributed by atoms with Gasteiger partial charge in [-0.1, -0.05) is 18.0 Å². The summed E-state index contributed by atoms with van der Waals surface area (Å²) in [5.41, 5.74) is 0.637. The second-order valence-corrected chi connectivity index (χ2v) is 7.78. The van der Waals surface area contributed by atoms with Crippen molar-refractivity contribution in [3.05, 3.63) is 50.0 Å². The Bertz CT molecular complexity index is 1060. The monoisotopic (exact) mass is 388 g/mol. The number of thiophene rings is 1. The predicted octanol–water partition coefficient (Wildman–Crippen LogP) is 3.79. The van der Waals surface area contributed by atoms with Gasteiger partial charge in [-0.15, -0.1) is 11.3 Å². The molecule has 0 spiro atoms. The summed E-state index contributed by atoms with van der Waals surface area (Å²) < 4.78 is 1.78. The van der Waals surface area contributed by atoms with Crippen LogP contribution in [-0.2, 0) is 13.0 Å². The molecule has 3 aromatic rings. The summed E-state index contributed by atoms with van der Waals surface area (Å²) in [6.07, 6.45) is 5.41. The van der Waals surface area contributed by atoms with E-state index in [9.17, 15) is 9.59 Å². The maximum Gasteiger partial charge on any atom is 0.267 e. The average Bonchev–Trinajstić information content (AvgIpc) is 2.80. The quantitative estimate of drug-likeness (QED) is 0.724. The second-order valence-electron chi connectivity index (χ2n) is 6.35. The summed E-state index contributed by atoms with van der Waals surface area (Å²) in [5.74, 6) is 0.948. The number of nitrogens with zero attached hydrogens (tertiary/aromatic N) is 3. The molecule has 134 valence electrons. The van der Waals surface area contributed by atoms with Crippen LogP contribution in [0.2, 0.25) is 5.02 Å². The van der Waals surface area contributed by atoms with Crippen molar-refractivity contribution < 1.29 is 4.79 Å². The highest BCUT2D eigenvalue weighted by atomic mass is 35.5. The van der Waals surface area contributed by atoms with Gasteiger partial charge in [0.05, 0.1) is 15.3 Å². The number of aryl methyl sites for hydroxylation is 2. The van der Waals surface area contributed by atoms with Crippen LogP contribution in [0.5, 0.6) is 0 Å². The van der Waals surface area contributed by atoms with Gasteiger partial charge in [0.15, 0.2) is 0 Å². The fourth-order valence-electron chi connectivity index (χ4n) is 3.25. The number of halogens is 1. The second kappa shape index (κ2) is 6.81. The fourth-order valence-corrected chi connectivity index (χ4v) is 4.45. The molecule has 6 nitrogen and oxygen atoms in total. The van der Waals surface area contributed by atoms with Gasteiger partial charge in [-0.05, 0) is 37.5 Å². The minimum Gasteiger partial charge on any atom is -0.306 e. The van der Waals surface area contributed by atoms with E-state index in [1.54, 1.807) is 23.6 Å². The van der Waals surface area contributed by atoms with Crippen LogP contribution in [0.25, 0.3) is 10.2 Å². The van der Waals surface area contributed by atoms with E-state index in [2.05, 4.69) is 15.3 Å². The van der Waals surface area contributed by atoms with Crippen LogP contribution in [0.15, 0.2) is 23.1 Å². The zero-order chi connectivity index (χ0) is 18.3. The molecule has 0 atom stereocenters. The topological polar surface area (TPSA) is 76.9 Å². The zero-order valence-corrected chi connectivity index (χ0v) is 15.8. The van der Waals surface area contributed by atoms with Gasteiger partial charge < -0.3 is 5.32 Å². The SMILES string of the molecule is Cc1c(C(=O)Nc2ccc(Cl)cn2)sc2nc3n(c(=O)c12)CCCCC3. The molecule has 0 saturated carbocycles. The van der Waals surface area contributed by atoms with E-state index in [1.807, 2.05) is 0 Å². The number of carbonyl (C=O) groups excluding carboxylic acids is 1. The summed E-state index contributed by atoms with van der Waals surface area (Å²) in [7, 11) is 0. The number of pyridine rings is 1. The minimum absolute atomic E-state index is 0.0377. The van der Waals surface area contributed by atoms with Crippen molar-refractivity contribution in [2.45, 2.75) is 39.2 Å². The van der Waals surface area contributed by atoms with E-state index >= 15 is 0 Å². The molecule has 0 radical (unpaired) electrons. The Kier molecular flexibility index (Phi) is 4.50.